The van der Waals surface area contributed by atoms with Crippen molar-refractivity contribution in [1.82, 2.24) is 20.6 Å². The zero-order valence-electron chi connectivity index (χ0n) is 21.0. The maximum absolute atomic E-state index is 14.1. The van der Waals surface area contributed by atoms with Gasteiger partial charge in [0.2, 0.25) is 0 Å². The molecule has 1 aliphatic carbocycles. The van der Waals surface area contributed by atoms with Gasteiger partial charge >= 0.3 is 0 Å². The van der Waals surface area contributed by atoms with Crippen molar-refractivity contribution in [3.05, 3.63) is 40.8 Å². The lowest BCUT2D eigenvalue weighted by Crippen LogP contribution is -2.37. The fraction of sp³-hybridized carbons (Fsp3) is 0.519. The van der Waals surface area contributed by atoms with Gasteiger partial charge in [-0.15, -0.1) is 11.3 Å². The molecule has 2 aromatic heterocycles. The minimum atomic E-state index is -0.357. The van der Waals surface area contributed by atoms with Gasteiger partial charge in [-0.25, -0.2) is 14.4 Å². The summed E-state index contributed by atoms with van der Waals surface area (Å²) in [6.07, 6.45) is 9.45. The fourth-order valence-corrected chi connectivity index (χ4v) is 6.33. The van der Waals surface area contributed by atoms with Gasteiger partial charge in [-0.3, -0.25) is 4.79 Å². The van der Waals surface area contributed by atoms with Gasteiger partial charge < -0.3 is 20.7 Å². The van der Waals surface area contributed by atoms with Crippen LogP contribution in [0, 0.1) is 18.2 Å². The second kappa shape index (κ2) is 10.7. The first-order valence-electron chi connectivity index (χ1n) is 12.9. The minimum absolute atomic E-state index is 0.0178. The predicted molar refractivity (Wildman–Crippen MR) is 142 cm³/mol. The normalized spacial score (nSPS) is 19.7. The van der Waals surface area contributed by atoms with Crippen molar-refractivity contribution in [1.29, 1.82) is 0 Å². The molecule has 2 aliphatic rings. The highest BCUT2D eigenvalue weighted by Gasteiger charge is 2.28. The molecule has 2 fully saturated rings. The van der Waals surface area contributed by atoms with Crippen LogP contribution in [0.15, 0.2) is 24.5 Å². The monoisotopic (exact) mass is 511 g/mol. The van der Waals surface area contributed by atoms with Crippen LogP contribution in [-0.2, 0) is 0 Å². The number of benzene rings is 1. The van der Waals surface area contributed by atoms with Crippen LogP contribution in [0.5, 0.6) is 5.75 Å². The van der Waals surface area contributed by atoms with E-state index in [1.54, 1.807) is 6.07 Å². The average Bonchev–Trinajstić information content (AvgIpc) is 3.23. The lowest BCUT2D eigenvalue weighted by molar-refractivity contribution is 0.0923. The van der Waals surface area contributed by atoms with E-state index in [1.807, 2.05) is 6.92 Å². The van der Waals surface area contributed by atoms with Crippen LogP contribution in [0.25, 0.3) is 10.2 Å². The number of piperidine rings is 1. The van der Waals surface area contributed by atoms with Crippen molar-refractivity contribution >= 4 is 39.0 Å². The van der Waals surface area contributed by atoms with E-state index in [-0.39, 0.29) is 23.2 Å². The number of rotatable bonds is 7. The second-order valence-electron chi connectivity index (χ2n) is 10.4. The first-order valence-corrected chi connectivity index (χ1v) is 13.7. The summed E-state index contributed by atoms with van der Waals surface area (Å²) in [7, 11) is 0. The van der Waals surface area contributed by atoms with E-state index in [0.29, 0.717) is 28.7 Å². The molecular formula is C27H34FN5O2S. The molecule has 1 aromatic carbocycles. The number of ether oxygens (including phenoxy) is 1. The molecule has 7 nitrogen and oxygen atoms in total. The van der Waals surface area contributed by atoms with Gasteiger partial charge in [0.25, 0.3) is 5.91 Å². The van der Waals surface area contributed by atoms with Crippen LogP contribution in [-0.4, -0.2) is 41.6 Å². The number of aryl methyl sites for hydroxylation is 1. The van der Waals surface area contributed by atoms with Crippen molar-refractivity contribution < 1.29 is 13.9 Å². The molecular weight excluding hydrogens is 477 g/mol. The Morgan fingerprint density at radius 2 is 2.08 bits per heavy atom. The Bertz CT molecular complexity index is 1230. The largest absolute Gasteiger partial charge is 0.487 e. The summed E-state index contributed by atoms with van der Waals surface area (Å²) in [4.78, 5) is 23.4. The Hall–Kier alpha value is -2.78. The molecule has 3 N–H and O–H groups in total. The van der Waals surface area contributed by atoms with E-state index in [2.05, 4.69) is 32.8 Å². The zero-order chi connectivity index (χ0) is 25.1. The SMILES string of the molecule is Cc1c(C(=O)NCC2(C)CCCCC2)sc2ncnc(Nc3ccc(F)cc3OC3CCCNC3)c12. The van der Waals surface area contributed by atoms with Gasteiger partial charge in [0.05, 0.1) is 16.0 Å². The number of aromatic nitrogens is 2. The quantitative estimate of drug-likeness (QED) is 0.376. The number of fused-ring (bicyclic) bond motifs is 1. The van der Waals surface area contributed by atoms with Crippen molar-refractivity contribution in [2.75, 3.05) is 25.0 Å². The van der Waals surface area contributed by atoms with Crippen LogP contribution < -0.4 is 20.7 Å². The Kier molecular flexibility index (Phi) is 7.39. The average molecular weight is 512 g/mol. The van der Waals surface area contributed by atoms with Crippen LogP contribution in [0.4, 0.5) is 15.9 Å². The van der Waals surface area contributed by atoms with Crippen LogP contribution in [0.2, 0.25) is 0 Å². The summed E-state index contributed by atoms with van der Waals surface area (Å²) >= 11 is 1.37. The maximum atomic E-state index is 14.1. The van der Waals surface area contributed by atoms with Crippen molar-refractivity contribution in [3.63, 3.8) is 0 Å². The second-order valence-corrected chi connectivity index (χ2v) is 11.4. The molecule has 9 heteroatoms. The third-order valence-corrected chi connectivity index (χ3v) is 8.61. The lowest BCUT2D eigenvalue weighted by Gasteiger charge is -2.33. The number of carbonyl (C=O) groups is 1. The Morgan fingerprint density at radius 1 is 1.25 bits per heavy atom. The van der Waals surface area contributed by atoms with E-state index in [4.69, 9.17) is 4.74 Å². The number of amides is 1. The number of nitrogens with zero attached hydrogens (tertiary/aromatic N) is 2. The molecule has 0 bridgehead atoms. The molecule has 0 spiro atoms. The number of carbonyl (C=O) groups excluding carboxylic acids is 1. The van der Waals surface area contributed by atoms with Crippen molar-refractivity contribution in [2.45, 2.75) is 64.9 Å². The number of nitrogens with one attached hydrogen (secondary N) is 3. The van der Waals surface area contributed by atoms with Crippen molar-refractivity contribution in [3.8, 4) is 5.75 Å². The molecule has 5 rings (SSSR count). The molecule has 3 aromatic rings. The van der Waals surface area contributed by atoms with Crippen LogP contribution in [0.3, 0.4) is 0 Å². The summed E-state index contributed by atoms with van der Waals surface area (Å²) < 4.78 is 20.2. The summed E-state index contributed by atoms with van der Waals surface area (Å²) in [5.41, 5.74) is 1.63. The Morgan fingerprint density at radius 3 is 2.86 bits per heavy atom. The Balaban J connectivity index is 1.38. The van der Waals surface area contributed by atoms with Gasteiger partial charge in [0, 0.05) is 19.2 Å². The number of halogens is 1. The molecule has 1 saturated carbocycles. The van der Waals surface area contributed by atoms with Crippen LogP contribution >= 0.6 is 11.3 Å². The fourth-order valence-electron chi connectivity index (χ4n) is 5.26. The van der Waals surface area contributed by atoms with Gasteiger partial charge in [0.15, 0.2) is 0 Å². The molecule has 1 atom stereocenters. The standard InChI is InChI=1S/C27H34FN5O2S/c1-17-22-24(33-20-9-8-18(28)13-21(20)35-19-7-6-12-29-14-19)31-16-32-26(22)36-23(17)25(34)30-15-27(2)10-4-3-5-11-27/h8-9,13,16,19,29H,3-7,10-12,14-15H2,1-2H3,(H,30,34)(H,31,32,33). The molecule has 1 saturated heterocycles. The number of hydrogen-bond donors (Lipinski definition) is 3. The van der Waals surface area contributed by atoms with Gasteiger partial charge in [-0.1, -0.05) is 26.2 Å². The summed E-state index contributed by atoms with van der Waals surface area (Å²) in [6, 6.07) is 4.47. The van der Waals surface area contributed by atoms with Gasteiger partial charge in [-0.05, 0) is 62.3 Å². The lowest BCUT2D eigenvalue weighted by atomic mass is 9.76. The van der Waals surface area contributed by atoms with E-state index < -0.39 is 0 Å². The minimum Gasteiger partial charge on any atom is -0.487 e. The van der Waals surface area contributed by atoms with Gasteiger partial charge in [0.1, 0.15) is 34.6 Å². The molecule has 36 heavy (non-hydrogen) atoms. The number of thiophene rings is 1. The number of anilines is 2. The van der Waals surface area contributed by atoms with Crippen LogP contribution in [0.1, 0.15) is 67.1 Å². The third kappa shape index (κ3) is 5.47. The zero-order valence-corrected chi connectivity index (χ0v) is 21.8. The molecule has 192 valence electrons. The highest BCUT2D eigenvalue weighted by Crippen LogP contribution is 2.38. The molecule has 3 heterocycles. The summed E-state index contributed by atoms with van der Waals surface area (Å²) in [5.74, 6) is 0.598. The first kappa shape index (κ1) is 24.9. The summed E-state index contributed by atoms with van der Waals surface area (Å²) in [6.45, 7) is 6.58. The Labute approximate surface area is 215 Å². The number of hydrogen-bond acceptors (Lipinski definition) is 7. The van der Waals surface area contributed by atoms with E-state index in [0.717, 1.165) is 54.6 Å². The maximum Gasteiger partial charge on any atom is 0.261 e. The third-order valence-electron chi connectivity index (χ3n) is 7.41. The van der Waals surface area contributed by atoms with E-state index in [9.17, 15) is 9.18 Å². The highest BCUT2D eigenvalue weighted by atomic mass is 32.1. The molecule has 1 unspecified atom stereocenters. The topological polar surface area (TPSA) is 88.2 Å². The smallest absolute Gasteiger partial charge is 0.261 e. The van der Waals surface area contributed by atoms with Gasteiger partial charge in [-0.2, -0.15) is 0 Å². The summed E-state index contributed by atoms with van der Waals surface area (Å²) in [5, 5.41) is 10.6. The first-order chi connectivity index (χ1) is 17.4. The molecule has 1 amide bonds. The van der Waals surface area contributed by atoms with E-state index >= 15 is 0 Å². The van der Waals surface area contributed by atoms with E-state index in [1.165, 1.54) is 49.1 Å². The highest BCUT2D eigenvalue weighted by molar-refractivity contribution is 7.20. The molecule has 1 aliphatic heterocycles. The molecule has 0 radical (unpaired) electrons. The predicted octanol–water partition coefficient (Wildman–Crippen LogP) is 5.71. The van der Waals surface area contributed by atoms with Crippen molar-refractivity contribution in [2.24, 2.45) is 5.41 Å².